The minimum Gasteiger partial charge on any atom is -0.376 e. The Hall–Kier alpha value is -1.70. The van der Waals surface area contributed by atoms with Crippen LogP contribution in [0.3, 0.4) is 0 Å². The average molecular weight is 380 g/mol. The Kier molecular flexibility index (Phi) is 7.04. The number of likely N-dealkylation sites (tertiary alicyclic amines) is 1. The number of hydrogen-bond donors (Lipinski definition) is 1. The molecule has 3 atom stereocenters. The van der Waals surface area contributed by atoms with Crippen LogP contribution >= 0.6 is 0 Å². The van der Waals surface area contributed by atoms with Crippen molar-refractivity contribution in [3.05, 3.63) is 35.1 Å². The molecule has 150 valence electrons. The third-order valence-corrected chi connectivity index (χ3v) is 5.31. The molecule has 2 saturated heterocycles. The molecule has 1 aromatic rings. The van der Waals surface area contributed by atoms with Crippen LogP contribution in [0.5, 0.6) is 0 Å². The van der Waals surface area contributed by atoms with E-state index in [-0.39, 0.29) is 24.3 Å². The SMILES string of the molecule is Cc1cc(F)ccc1C1CC(OCCOC2CCCCO2)CCN1C(N)=O. The van der Waals surface area contributed by atoms with Crippen LogP contribution in [0, 0.1) is 12.7 Å². The van der Waals surface area contributed by atoms with Crippen LogP contribution in [0.4, 0.5) is 9.18 Å². The van der Waals surface area contributed by atoms with Crippen molar-refractivity contribution in [2.75, 3.05) is 26.4 Å². The fraction of sp³-hybridized carbons (Fsp3) is 0.650. The topological polar surface area (TPSA) is 74.0 Å². The summed E-state index contributed by atoms with van der Waals surface area (Å²) in [4.78, 5) is 13.5. The number of rotatable bonds is 6. The first-order valence-corrected chi connectivity index (χ1v) is 9.71. The van der Waals surface area contributed by atoms with Gasteiger partial charge in [-0.2, -0.15) is 0 Å². The summed E-state index contributed by atoms with van der Waals surface area (Å²) in [7, 11) is 0. The van der Waals surface area contributed by atoms with E-state index < -0.39 is 6.03 Å². The summed E-state index contributed by atoms with van der Waals surface area (Å²) in [6.45, 7) is 4.10. The van der Waals surface area contributed by atoms with E-state index >= 15 is 0 Å². The predicted molar refractivity (Wildman–Crippen MR) is 98.7 cm³/mol. The first-order valence-electron chi connectivity index (χ1n) is 9.71. The maximum atomic E-state index is 13.5. The number of piperidine rings is 1. The van der Waals surface area contributed by atoms with Gasteiger partial charge in [0.05, 0.1) is 25.4 Å². The molecule has 2 aliphatic heterocycles. The Labute approximate surface area is 159 Å². The lowest BCUT2D eigenvalue weighted by Crippen LogP contribution is -2.46. The molecular formula is C20H29FN2O4. The minimum atomic E-state index is -0.458. The summed E-state index contributed by atoms with van der Waals surface area (Å²) in [6, 6.07) is 3.97. The van der Waals surface area contributed by atoms with Gasteiger partial charge in [0.25, 0.3) is 0 Å². The third-order valence-electron chi connectivity index (χ3n) is 5.31. The molecular weight excluding hydrogens is 351 g/mol. The molecule has 1 aromatic carbocycles. The standard InChI is InChI=1S/C20H29FN2O4/c1-14-12-15(21)5-6-17(14)18-13-16(7-8-23(18)20(22)24)25-10-11-27-19-4-2-3-9-26-19/h5-6,12,16,18-19H,2-4,7-11,13H2,1H3,(H2,22,24). The van der Waals surface area contributed by atoms with E-state index in [4.69, 9.17) is 19.9 Å². The molecule has 2 N–H and O–H groups in total. The summed E-state index contributed by atoms with van der Waals surface area (Å²) in [5, 5.41) is 0. The average Bonchev–Trinajstić information content (AvgIpc) is 2.66. The van der Waals surface area contributed by atoms with Crippen LogP contribution < -0.4 is 5.73 Å². The summed E-state index contributed by atoms with van der Waals surface area (Å²) in [6.07, 6.45) is 4.41. The zero-order valence-corrected chi connectivity index (χ0v) is 15.9. The van der Waals surface area contributed by atoms with Crippen LogP contribution in [0.15, 0.2) is 18.2 Å². The van der Waals surface area contributed by atoms with Crippen molar-refractivity contribution in [3.8, 4) is 0 Å². The number of urea groups is 1. The second-order valence-corrected chi connectivity index (χ2v) is 7.23. The second kappa shape index (κ2) is 9.48. The van der Waals surface area contributed by atoms with Crippen LogP contribution in [0.1, 0.15) is 49.3 Å². The Morgan fingerprint density at radius 3 is 2.81 bits per heavy atom. The highest BCUT2D eigenvalue weighted by atomic mass is 19.1. The van der Waals surface area contributed by atoms with Gasteiger partial charge in [-0.1, -0.05) is 6.07 Å². The van der Waals surface area contributed by atoms with Crippen molar-refractivity contribution >= 4 is 6.03 Å². The number of amides is 2. The highest BCUT2D eigenvalue weighted by Crippen LogP contribution is 2.34. The number of carbonyl (C=O) groups excluding carboxylic acids is 1. The predicted octanol–water partition coefficient (Wildman–Crippen LogP) is 3.28. The van der Waals surface area contributed by atoms with Crippen molar-refractivity contribution in [1.29, 1.82) is 0 Å². The first-order chi connectivity index (χ1) is 13.0. The van der Waals surface area contributed by atoms with E-state index in [0.717, 1.165) is 43.4 Å². The number of carbonyl (C=O) groups is 1. The van der Waals surface area contributed by atoms with Crippen LogP contribution in [0.2, 0.25) is 0 Å². The molecule has 2 fully saturated rings. The van der Waals surface area contributed by atoms with Crippen LogP contribution in [-0.2, 0) is 14.2 Å². The van der Waals surface area contributed by atoms with Crippen molar-refractivity contribution < 1.29 is 23.4 Å². The molecule has 6 nitrogen and oxygen atoms in total. The molecule has 2 amide bonds. The van der Waals surface area contributed by atoms with Crippen molar-refractivity contribution in [1.82, 2.24) is 4.90 Å². The molecule has 2 aliphatic rings. The Balaban J connectivity index is 1.54. The van der Waals surface area contributed by atoms with E-state index in [9.17, 15) is 9.18 Å². The fourth-order valence-electron chi connectivity index (χ4n) is 3.89. The molecule has 0 aliphatic carbocycles. The van der Waals surface area contributed by atoms with Gasteiger partial charge < -0.3 is 24.8 Å². The van der Waals surface area contributed by atoms with E-state index in [1.807, 2.05) is 6.92 Å². The summed E-state index contributed by atoms with van der Waals surface area (Å²) in [5.74, 6) is -0.285. The van der Waals surface area contributed by atoms with Gasteiger partial charge in [0.15, 0.2) is 6.29 Å². The Morgan fingerprint density at radius 2 is 2.11 bits per heavy atom. The molecule has 3 rings (SSSR count). The zero-order chi connectivity index (χ0) is 19.2. The highest BCUT2D eigenvalue weighted by Gasteiger charge is 2.33. The monoisotopic (exact) mass is 380 g/mol. The van der Waals surface area contributed by atoms with Gasteiger partial charge in [-0.05, 0) is 62.3 Å². The summed E-state index contributed by atoms with van der Waals surface area (Å²) in [5.41, 5.74) is 7.29. The number of benzene rings is 1. The third kappa shape index (κ3) is 5.40. The number of aryl methyl sites for hydroxylation is 1. The normalized spacial score (nSPS) is 26.1. The van der Waals surface area contributed by atoms with Crippen LogP contribution in [0.25, 0.3) is 0 Å². The molecule has 0 bridgehead atoms. The number of nitrogens with zero attached hydrogens (tertiary/aromatic N) is 1. The van der Waals surface area contributed by atoms with Crippen molar-refractivity contribution in [3.63, 3.8) is 0 Å². The summed E-state index contributed by atoms with van der Waals surface area (Å²) < 4.78 is 30.7. The molecule has 2 heterocycles. The number of halogens is 1. The fourth-order valence-corrected chi connectivity index (χ4v) is 3.89. The molecule has 0 radical (unpaired) electrons. The van der Waals surface area contributed by atoms with Gasteiger partial charge in [-0.25, -0.2) is 9.18 Å². The lowest BCUT2D eigenvalue weighted by Gasteiger charge is -2.39. The molecule has 27 heavy (non-hydrogen) atoms. The smallest absolute Gasteiger partial charge is 0.315 e. The van der Waals surface area contributed by atoms with Gasteiger partial charge >= 0.3 is 6.03 Å². The first kappa shape index (κ1) is 20.0. The molecule has 7 heteroatoms. The van der Waals surface area contributed by atoms with E-state index in [0.29, 0.717) is 26.2 Å². The quantitative estimate of drug-likeness (QED) is 0.769. The molecule has 0 spiro atoms. The second-order valence-electron chi connectivity index (χ2n) is 7.23. The highest BCUT2D eigenvalue weighted by molar-refractivity contribution is 5.73. The van der Waals surface area contributed by atoms with E-state index in [1.54, 1.807) is 11.0 Å². The number of hydrogen-bond acceptors (Lipinski definition) is 4. The number of nitrogens with two attached hydrogens (primary N) is 1. The summed E-state index contributed by atoms with van der Waals surface area (Å²) >= 11 is 0. The van der Waals surface area contributed by atoms with E-state index in [2.05, 4.69) is 0 Å². The van der Waals surface area contributed by atoms with Gasteiger partial charge in [0.1, 0.15) is 5.82 Å². The molecule has 3 unspecified atom stereocenters. The van der Waals surface area contributed by atoms with Crippen molar-refractivity contribution in [2.24, 2.45) is 5.73 Å². The minimum absolute atomic E-state index is 0.00549. The maximum absolute atomic E-state index is 13.5. The van der Waals surface area contributed by atoms with Gasteiger partial charge in [-0.3, -0.25) is 0 Å². The zero-order valence-electron chi connectivity index (χ0n) is 15.9. The Bertz CT molecular complexity index is 636. The number of ether oxygens (including phenoxy) is 3. The molecule has 0 aromatic heterocycles. The number of primary amides is 1. The Morgan fingerprint density at radius 1 is 1.30 bits per heavy atom. The van der Waals surface area contributed by atoms with Gasteiger partial charge in [-0.15, -0.1) is 0 Å². The van der Waals surface area contributed by atoms with Gasteiger partial charge in [0.2, 0.25) is 0 Å². The largest absolute Gasteiger partial charge is 0.376 e. The van der Waals surface area contributed by atoms with Gasteiger partial charge in [0, 0.05) is 13.2 Å². The maximum Gasteiger partial charge on any atom is 0.315 e. The lowest BCUT2D eigenvalue weighted by atomic mass is 9.91. The lowest BCUT2D eigenvalue weighted by molar-refractivity contribution is -0.172. The molecule has 0 saturated carbocycles. The van der Waals surface area contributed by atoms with Crippen molar-refractivity contribution in [2.45, 2.75) is 57.5 Å². The van der Waals surface area contributed by atoms with Crippen LogP contribution in [-0.4, -0.2) is 49.7 Å². The van der Waals surface area contributed by atoms with E-state index in [1.165, 1.54) is 12.1 Å².